The molecule has 0 atom stereocenters. The van der Waals surface area contributed by atoms with E-state index in [0.717, 1.165) is 17.1 Å². The quantitative estimate of drug-likeness (QED) is 0.890. The molecule has 1 aliphatic rings. The molecule has 1 aromatic rings. The van der Waals surface area contributed by atoms with Gasteiger partial charge in [0, 0.05) is 11.8 Å². The third-order valence-corrected chi connectivity index (χ3v) is 3.16. The van der Waals surface area contributed by atoms with Crippen LogP contribution in [0.4, 0.5) is 5.69 Å². The number of amides is 1. The fourth-order valence-corrected chi connectivity index (χ4v) is 1.82. The molecule has 1 heterocycles. The summed E-state index contributed by atoms with van der Waals surface area (Å²) < 4.78 is 5.45. The molecule has 0 unspecified atom stereocenters. The average molecular weight is 246 g/mol. The van der Waals surface area contributed by atoms with E-state index < -0.39 is 5.41 Å². The Hall–Kier alpha value is -1.97. The number of carbonyl (C=O) groups is 1. The largest absolute Gasteiger partial charge is 0.494 e. The van der Waals surface area contributed by atoms with Crippen LogP contribution in [0, 0.1) is 5.41 Å². The molecular weight excluding hydrogens is 228 g/mol. The zero-order valence-corrected chi connectivity index (χ0v) is 11.0. The van der Waals surface area contributed by atoms with Gasteiger partial charge in [0.1, 0.15) is 5.75 Å². The first-order valence-corrected chi connectivity index (χ1v) is 6.00. The maximum Gasteiger partial charge on any atom is 0.250 e. The zero-order valence-electron chi connectivity index (χ0n) is 11.0. The lowest BCUT2D eigenvalue weighted by Crippen LogP contribution is -2.32. The van der Waals surface area contributed by atoms with E-state index in [2.05, 4.69) is 12.0 Å². The smallest absolute Gasteiger partial charge is 0.250 e. The highest BCUT2D eigenvalue weighted by atomic mass is 16.5. The molecule has 96 valence electrons. The van der Waals surface area contributed by atoms with Crippen LogP contribution in [0.3, 0.4) is 0 Å². The van der Waals surface area contributed by atoms with Crippen LogP contribution in [0.1, 0.15) is 20.8 Å². The molecule has 1 amide bonds. The van der Waals surface area contributed by atoms with Crippen molar-refractivity contribution >= 4 is 11.6 Å². The number of hydrazine groups is 1. The van der Waals surface area contributed by atoms with E-state index in [4.69, 9.17) is 4.74 Å². The molecular formula is C14H18N2O2. The third kappa shape index (κ3) is 1.94. The van der Waals surface area contributed by atoms with Crippen LogP contribution in [-0.2, 0) is 4.79 Å². The van der Waals surface area contributed by atoms with E-state index in [1.54, 1.807) is 5.01 Å². The van der Waals surface area contributed by atoms with Gasteiger partial charge in [-0.2, -0.15) is 0 Å². The van der Waals surface area contributed by atoms with E-state index >= 15 is 0 Å². The number of hydrogen-bond donors (Lipinski definition) is 1. The number of ether oxygens (including phenoxy) is 1. The second kappa shape index (κ2) is 4.37. The molecule has 1 aromatic carbocycles. The molecule has 0 spiro atoms. The second-order valence-corrected chi connectivity index (χ2v) is 4.78. The number of rotatable bonds is 3. The maximum absolute atomic E-state index is 11.9. The topological polar surface area (TPSA) is 41.6 Å². The number of benzene rings is 1. The summed E-state index contributed by atoms with van der Waals surface area (Å²) in [5.41, 5.74) is 3.83. The highest BCUT2D eigenvalue weighted by Gasteiger charge is 2.42. The van der Waals surface area contributed by atoms with E-state index in [9.17, 15) is 4.79 Å². The van der Waals surface area contributed by atoms with Gasteiger partial charge in [-0.3, -0.25) is 15.2 Å². The lowest BCUT2D eigenvalue weighted by molar-refractivity contribution is -0.125. The zero-order chi connectivity index (χ0) is 13.3. The lowest BCUT2D eigenvalue weighted by atomic mass is 9.90. The molecule has 0 bridgehead atoms. The SMILES string of the molecule is C=C1N(c2cccc(OCC)c2)NC(=O)C1(C)C. The van der Waals surface area contributed by atoms with Crippen molar-refractivity contribution < 1.29 is 9.53 Å². The molecule has 4 heteroatoms. The molecule has 18 heavy (non-hydrogen) atoms. The first kappa shape index (κ1) is 12.5. The molecule has 4 nitrogen and oxygen atoms in total. The van der Waals surface area contributed by atoms with Gasteiger partial charge in [0.15, 0.2) is 0 Å². The highest BCUT2D eigenvalue weighted by molar-refractivity contribution is 5.92. The van der Waals surface area contributed by atoms with Crippen molar-refractivity contribution in [1.29, 1.82) is 0 Å². The first-order chi connectivity index (χ1) is 8.46. The summed E-state index contributed by atoms with van der Waals surface area (Å²) in [5, 5.41) is 1.71. The summed E-state index contributed by atoms with van der Waals surface area (Å²) in [6.45, 7) is 10.3. The molecule has 0 aromatic heterocycles. The van der Waals surface area contributed by atoms with Gasteiger partial charge in [0.2, 0.25) is 5.91 Å². The Balaban J connectivity index is 2.30. The third-order valence-electron chi connectivity index (χ3n) is 3.16. The van der Waals surface area contributed by atoms with Gasteiger partial charge in [-0.05, 0) is 32.9 Å². The Morgan fingerprint density at radius 3 is 2.72 bits per heavy atom. The van der Waals surface area contributed by atoms with Gasteiger partial charge >= 0.3 is 0 Å². The van der Waals surface area contributed by atoms with Crippen molar-refractivity contribution in [3.8, 4) is 5.75 Å². The number of nitrogens with zero attached hydrogens (tertiary/aromatic N) is 1. The van der Waals surface area contributed by atoms with Gasteiger partial charge in [0.25, 0.3) is 0 Å². The fourth-order valence-electron chi connectivity index (χ4n) is 1.82. The van der Waals surface area contributed by atoms with Crippen LogP contribution in [0.5, 0.6) is 5.75 Å². The van der Waals surface area contributed by atoms with Crippen LogP contribution < -0.4 is 15.2 Å². The van der Waals surface area contributed by atoms with Crippen LogP contribution in [0.15, 0.2) is 36.5 Å². The number of carbonyl (C=O) groups excluding carboxylic acids is 1. The minimum atomic E-state index is -0.582. The Morgan fingerprint density at radius 1 is 1.44 bits per heavy atom. The number of hydrogen-bond acceptors (Lipinski definition) is 3. The molecule has 0 aliphatic carbocycles. The standard InChI is InChI=1S/C14H18N2O2/c1-5-18-12-8-6-7-11(9-12)16-10(2)14(3,4)13(17)15-16/h6-9H,2,5H2,1,3-4H3,(H,15,17). The van der Waals surface area contributed by atoms with Gasteiger partial charge in [-0.25, -0.2) is 0 Å². The van der Waals surface area contributed by atoms with Crippen molar-refractivity contribution in [3.05, 3.63) is 36.5 Å². The average Bonchev–Trinajstić information content (AvgIpc) is 2.54. The van der Waals surface area contributed by atoms with Crippen molar-refractivity contribution in [2.24, 2.45) is 5.41 Å². The first-order valence-electron chi connectivity index (χ1n) is 6.00. The monoisotopic (exact) mass is 246 g/mol. The molecule has 1 N–H and O–H groups in total. The Kier molecular flexibility index (Phi) is 3.03. The minimum Gasteiger partial charge on any atom is -0.494 e. The Bertz CT molecular complexity index is 494. The summed E-state index contributed by atoms with van der Waals surface area (Å²) in [5.74, 6) is 0.732. The Morgan fingerprint density at radius 2 is 2.17 bits per heavy atom. The summed E-state index contributed by atoms with van der Waals surface area (Å²) >= 11 is 0. The Labute approximate surface area is 107 Å². The van der Waals surface area contributed by atoms with E-state index in [1.165, 1.54) is 0 Å². The van der Waals surface area contributed by atoms with Crippen LogP contribution in [0.25, 0.3) is 0 Å². The van der Waals surface area contributed by atoms with Gasteiger partial charge in [-0.15, -0.1) is 0 Å². The molecule has 1 saturated heterocycles. The predicted octanol–water partition coefficient (Wildman–Crippen LogP) is 2.48. The summed E-state index contributed by atoms with van der Waals surface area (Å²) in [6, 6.07) is 7.58. The lowest BCUT2D eigenvalue weighted by Gasteiger charge is -2.22. The van der Waals surface area contributed by atoms with E-state index in [0.29, 0.717) is 6.61 Å². The molecule has 1 fully saturated rings. The van der Waals surface area contributed by atoms with Gasteiger partial charge < -0.3 is 4.74 Å². The predicted molar refractivity (Wildman–Crippen MR) is 71.2 cm³/mol. The molecule has 2 rings (SSSR count). The van der Waals surface area contributed by atoms with Crippen molar-refractivity contribution in [2.75, 3.05) is 11.6 Å². The van der Waals surface area contributed by atoms with Gasteiger partial charge in [-0.1, -0.05) is 12.6 Å². The summed E-state index contributed by atoms with van der Waals surface area (Å²) in [6.07, 6.45) is 0. The van der Waals surface area contributed by atoms with Crippen molar-refractivity contribution in [2.45, 2.75) is 20.8 Å². The van der Waals surface area contributed by atoms with Crippen molar-refractivity contribution in [1.82, 2.24) is 5.43 Å². The van der Waals surface area contributed by atoms with Crippen LogP contribution in [-0.4, -0.2) is 12.5 Å². The molecule has 0 radical (unpaired) electrons. The normalized spacial score (nSPS) is 17.8. The minimum absolute atomic E-state index is 0.0469. The maximum atomic E-state index is 11.9. The van der Waals surface area contributed by atoms with E-state index in [-0.39, 0.29) is 5.91 Å². The fraction of sp³-hybridized carbons (Fsp3) is 0.357. The van der Waals surface area contributed by atoms with E-state index in [1.807, 2.05) is 45.0 Å². The number of anilines is 1. The molecule has 1 aliphatic heterocycles. The van der Waals surface area contributed by atoms with Crippen LogP contribution >= 0.6 is 0 Å². The summed E-state index contributed by atoms with van der Waals surface area (Å²) in [4.78, 5) is 11.9. The number of nitrogens with one attached hydrogen (secondary N) is 1. The summed E-state index contributed by atoms with van der Waals surface area (Å²) in [7, 11) is 0. The second-order valence-electron chi connectivity index (χ2n) is 4.78. The highest BCUT2D eigenvalue weighted by Crippen LogP contribution is 2.36. The molecule has 0 saturated carbocycles. The van der Waals surface area contributed by atoms with Gasteiger partial charge in [0.05, 0.1) is 17.7 Å². The van der Waals surface area contributed by atoms with Crippen molar-refractivity contribution in [3.63, 3.8) is 0 Å². The van der Waals surface area contributed by atoms with Crippen LogP contribution in [0.2, 0.25) is 0 Å².